The summed E-state index contributed by atoms with van der Waals surface area (Å²) in [7, 11) is 3.56. The number of carbonyl (C=O) groups excluding carboxylic acids is 2. The van der Waals surface area contributed by atoms with Gasteiger partial charge < -0.3 is 50.1 Å². The standard InChI is InChI=1S/C28H33NO11/c1-5-28(38)9-14(32)18-21(27(28)40-15-8-11(29(3)4)22(33)10(2)39-15)26(37)20-19(25(18)36)23(34)16-12(30)6-7-13(31)17(16)24(20)35/h6-7,10-11,14-15,22,27,30-33,36-38H,5,8-9H2,1-4H3. The van der Waals surface area contributed by atoms with Gasteiger partial charge in [0.25, 0.3) is 0 Å². The Morgan fingerprint density at radius 3 is 1.98 bits per heavy atom. The average Bonchev–Trinajstić information content (AvgIpc) is 2.89. The minimum atomic E-state index is -1.80. The number of nitrogens with zero attached hydrogens (tertiary/aromatic N) is 1. The fourth-order valence-electron chi connectivity index (χ4n) is 6.21. The van der Waals surface area contributed by atoms with Crippen LogP contribution >= 0.6 is 0 Å². The quantitative estimate of drug-likeness (QED) is 0.227. The lowest BCUT2D eigenvalue weighted by molar-refractivity contribution is -0.279. The van der Waals surface area contributed by atoms with Gasteiger partial charge in [-0.3, -0.25) is 9.59 Å². The smallest absolute Gasteiger partial charge is 0.202 e. The van der Waals surface area contributed by atoms with E-state index < -0.39 is 93.1 Å². The van der Waals surface area contributed by atoms with Crippen LogP contribution in [0.25, 0.3) is 0 Å². The van der Waals surface area contributed by atoms with Crippen LogP contribution < -0.4 is 0 Å². The fraction of sp³-hybridized carbons (Fsp3) is 0.500. The molecule has 2 aromatic carbocycles. The second kappa shape index (κ2) is 9.68. The summed E-state index contributed by atoms with van der Waals surface area (Å²) in [5.41, 5.74) is -4.82. The van der Waals surface area contributed by atoms with Gasteiger partial charge in [0.15, 0.2) is 6.29 Å². The molecule has 1 saturated heterocycles. The van der Waals surface area contributed by atoms with E-state index in [-0.39, 0.29) is 36.4 Å². The van der Waals surface area contributed by atoms with Crippen molar-refractivity contribution in [1.29, 1.82) is 0 Å². The first kappa shape index (κ1) is 28.3. The molecular formula is C28H33NO11. The van der Waals surface area contributed by atoms with Crippen LogP contribution in [0.2, 0.25) is 0 Å². The van der Waals surface area contributed by atoms with E-state index >= 15 is 0 Å². The van der Waals surface area contributed by atoms with Gasteiger partial charge >= 0.3 is 0 Å². The van der Waals surface area contributed by atoms with E-state index in [1.807, 2.05) is 0 Å². The largest absolute Gasteiger partial charge is 0.507 e. The molecule has 2 aliphatic carbocycles. The van der Waals surface area contributed by atoms with Gasteiger partial charge in [-0.15, -0.1) is 0 Å². The van der Waals surface area contributed by atoms with Crippen LogP contribution in [0.15, 0.2) is 12.1 Å². The van der Waals surface area contributed by atoms with E-state index in [1.165, 1.54) is 0 Å². The maximum Gasteiger partial charge on any atom is 0.202 e. The van der Waals surface area contributed by atoms with Crippen LogP contribution in [0.1, 0.15) is 88.3 Å². The van der Waals surface area contributed by atoms with E-state index in [0.717, 1.165) is 12.1 Å². The normalized spacial score (nSPS) is 31.6. The summed E-state index contributed by atoms with van der Waals surface area (Å²) in [4.78, 5) is 28.8. The number of ether oxygens (including phenoxy) is 2. The number of hydrogen-bond donors (Lipinski definition) is 7. The zero-order valence-corrected chi connectivity index (χ0v) is 22.5. The molecule has 5 rings (SSSR count). The summed E-state index contributed by atoms with van der Waals surface area (Å²) < 4.78 is 12.1. The summed E-state index contributed by atoms with van der Waals surface area (Å²) in [6, 6.07) is 1.65. The van der Waals surface area contributed by atoms with Gasteiger partial charge in [-0.2, -0.15) is 0 Å². The molecule has 0 bridgehead atoms. The summed E-state index contributed by atoms with van der Waals surface area (Å²) in [6.45, 7) is 3.29. The van der Waals surface area contributed by atoms with Crippen LogP contribution in [-0.4, -0.2) is 96.4 Å². The predicted octanol–water partition coefficient (Wildman–Crippen LogP) is 1.35. The molecule has 7 atom stereocenters. The monoisotopic (exact) mass is 559 g/mol. The molecule has 1 fully saturated rings. The molecule has 0 aromatic heterocycles. The number of rotatable bonds is 4. The number of aromatic hydroxyl groups is 4. The first-order chi connectivity index (χ1) is 18.7. The fourth-order valence-corrected chi connectivity index (χ4v) is 6.21. The number of hydrogen-bond acceptors (Lipinski definition) is 12. The SMILES string of the molecule is CCC1(O)CC(O)c2c(O)c3c(c(O)c2C1OC1CC(N(C)C)C(O)C(C)O1)C(=O)c1c(O)ccc(O)c1C3=O. The lowest BCUT2D eigenvalue weighted by atomic mass is 9.70. The molecule has 0 amide bonds. The third kappa shape index (κ3) is 3.98. The molecule has 2 aromatic rings. The third-order valence-corrected chi connectivity index (χ3v) is 8.46. The topological polar surface area (TPSA) is 197 Å². The highest BCUT2D eigenvalue weighted by Crippen LogP contribution is 2.57. The number of aliphatic hydroxyl groups excluding tert-OH is 2. The number of fused-ring (bicyclic) bond motifs is 3. The van der Waals surface area contributed by atoms with Crippen LogP contribution in [-0.2, 0) is 9.47 Å². The van der Waals surface area contributed by atoms with Gasteiger partial charge in [-0.1, -0.05) is 6.92 Å². The molecule has 40 heavy (non-hydrogen) atoms. The summed E-state index contributed by atoms with van der Waals surface area (Å²) >= 11 is 0. The van der Waals surface area contributed by atoms with E-state index in [2.05, 4.69) is 0 Å². The molecule has 216 valence electrons. The number of likely N-dealkylation sites (N-methyl/N-ethyl adjacent to an activating group) is 1. The Kier molecular flexibility index (Phi) is 6.85. The molecule has 12 heteroatoms. The molecular weight excluding hydrogens is 526 g/mol. The Hall–Kier alpha value is -3.26. The number of phenols is 4. The molecule has 7 unspecified atom stereocenters. The van der Waals surface area contributed by atoms with Crippen molar-refractivity contribution in [3.63, 3.8) is 0 Å². The molecule has 1 aliphatic heterocycles. The Morgan fingerprint density at radius 1 is 0.950 bits per heavy atom. The van der Waals surface area contributed by atoms with Crippen molar-refractivity contribution in [1.82, 2.24) is 4.90 Å². The van der Waals surface area contributed by atoms with Gasteiger partial charge in [-0.05, 0) is 39.6 Å². The highest BCUT2D eigenvalue weighted by molar-refractivity contribution is 6.32. The summed E-state index contributed by atoms with van der Waals surface area (Å²) in [5, 5.41) is 76.8. The first-order valence-electron chi connectivity index (χ1n) is 13.0. The Morgan fingerprint density at radius 2 is 1.48 bits per heavy atom. The van der Waals surface area contributed by atoms with Crippen molar-refractivity contribution >= 4 is 11.6 Å². The Bertz CT molecular complexity index is 1410. The number of phenolic OH excluding ortho intramolecular Hbond substituents is 4. The van der Waals surface area contributed by atoms with Crippen molar-refractivity contribution in [3.05, 3.63) is 45.5 Å². The minimum Gasteiger partial charge on any atom is -0.507 e. The van der Waals surface area contributed by atoms with Crippen LogP contribution in [0.5, 0.6) is 23.0 Å². The Balaban J connectivity index is 1.70. The van der Waals surface area contributed by atoms with Crippen molar-refractivity contribution in [2.24, 2.45) is 0 Å². The van der Waals surface area contributed by atoms with E-state index in [4.69, 9.17) is 9.47 Å². The van der Waals surface area contributed by atoms with Crippen LogP contribution in [0, 0.1) is 0 Å². The van der Waals surface area contributed by atoms with Crippen molar-refractivity contribution in [2.75, 3.05) is 14.1 Å². The average molecular weight is 560 g/mol. The van der Waals surface area contributed by atoms with E-state index in [9.17, 15) is 45.3 Å². The van der Waals surface area contributed by atoms with Gasteiger partial charge in [0.2, 0.25) is 11.6 Å². The van der Waals surface area contributed by atoms with Crippen molar-refractivity contribution in [3.8, 4) is 23.0 Å². The summed E-state index contributed by atoms with van der Waals surface area (Å²) in [5.74, 6) is -4.96. The maximum absolute atomic E-state index is 13.6. The molecule has 1 heterocycles. The lowest BCUT2D eigenvalue weighted by Gasteiger charge is -2.47. The molecule has 0 spiro atoms. The molecule has 7 N–H and O–H groups in total. The van der Waals surface area contributed by atoms with Crippen molar-refractivity contribution in [2.45, 2.75) is 75.5 Å². The maximum atomic E-state index is 13.6. The highest BCUT2D eigenvalue weighted by atomic mass is 16.7. The van der Waals surface area contributed by atoms with E-state index in [0.29, 0.717) is 0 Å². The first-order valence-corrected chi connectivity index (χ1v) is 13.0. The third-order valence-electron chi connectivity index (χ3n) is 8.46. The number of carbonyl (C=O) groups is 2. The molecule has 12 nitrogen and oxygen atoms in total. The zero-order chi connectivity index (χ0) is 29.4. The van der Waals surface area contributed by atoms with Gasteiger partial charge in [0.1, 0.15) is 29.1 Å². The number of benzene rings is 2. The van der Waals surface area contributed by atoms with Gasteiger partial charge in [0, 0.05) is 30.0 Å². The molecule has 3 aliphatic rings. The second-order valence-electron chi connectivity index (χ2n) is 11.0. The van der Waals surface area contributed by atoms with Gasteiger partial charge in [0.05, 0.1) is 46.2 Å². The van der Waals surface area contributed by atoms with Crippen LogP contribution in [0.3, 0.4) is 0 Å². The summed E-state index contributed by atoms with van der Waals surface area (Å²) in [6.07, 6.45) is -5.66. The van der Waals surface area contributed by atoms with E-state index in [1.54, 1.807) is 32.8 Å². The highest BCUT2D eigenvalue weighted by Gasteiger charge is 2.52. The number of ketones is 2. The minimum absolute atomic E-state index is 0.0256. The predicted molar refractivity (Wildman–Crippen MR) is 137 cm³/mol. The second-order valence-corrected chi connectivity index (χ2v) is 11.0. The van der Waals surface area contributed by atoms with Gasteiger partial charge in [-0.25, -0.2) is 0 Å². The zero-order valence-electron chi connectivity index (χ0n) is 22.5. The molecule has 0 saturated carbocycles. The molecule has 0 radical (unpaired) electrons. The lowest BCUT2D eigenvalue weighted by Crippen LogP contribution is -2.54. The van der Waals surface area contributed by atoms with Crippen molar-refractivity contribution < 1.29 is 54.8 Å². The van der Waals surface area contributed by atoms with Crippen LogP contribution in [0.4, 0.5) is 0 Å². The Labute approximate surface area is 229 Å². The number of aliphatic hydroxyl groups is 3.